The number of benzene rings is 1. The van der Waals surface area contributed by atoms with Gasteiger partial charge in [0.05, 0.1) is 17.7 Å². The Labute approximate surface area is 122 Å². The fourth-order valence-corrected chi connectivity index (χ4v) is 1.88. The molecule has 1 heterocycles. The minimum atomic E-state index is -0.491. The molecule has 0 unspecified atom stereocenters. The summed E-state index contributed by atoms with van der Waals surface area (Å²) in [7, 11) is 1.39. The second-order valence-corrected chi connectivity index (χ2v) is 4.46. The smallest absolute Gasteiger partial charge is 0.311 e. The van der Waals surface area contributed by atoms with E-state index < -0.39 is 4.92 Å². The van der Waals surface area contributed by atoms with Crippen LogP contribution in [0.25, 0.3) is 11.5 Å². The summed E-state index contributed by atoms with van der Waals surface area (Å²) >= 11 is 0. The van der Waals surface area contributed by atoms with Crippen molar-refractivity contribution in [3.05, 3.63) is 40.3 Å². The highest BCUT2D eigenvalue weighted by molar-refractivity contribution is 5.62. The van der Waals surface area contributed by atoms with Crippen molar-refractivity contribution in [1.29, 1.82) is 0 Å². The Morgan fingerprint density at radius 3 is 2.95 bits per heavy atom. The Hall–Kier alpha value is -2.41. The summed E-state index contributed by atoms with van der Waals surface area (Å²) < 4.78 is 10.3. The van der Waals surface area contributed by atoms with Gasteiger partial charge in [-0.2, -0.15) is 0 Å². The molecule has 0 spiro atoms. The highest BCUT2D eigenvalue weighted by Crippen LogP contribution is 2.31. The first-order valence-electron chi connectivity index (χ1n) is 6.63. The van der Waals surface area contributed by atoms with Crippen LogP contribution in [0.5, 0.6) is 5.75 Å². The predicted octanol–water partition coefficient (Wildman–Crippen LogP) is 2.76. The normalized spacial score (nSPS) is 10.6. The first kappa shape index (κ1) is 15.0. The van der Waals surface area contributed by atoms with Gasteiger partial charge in [-0.05, 0) is 25.1 Å². The molecular weight excluding hydrogens is 274 g/mol. The summed E-state index contributed by atoms with van der Waals surface area (Å²) in [5.41, 5.74) is 1.19. The van der Waals surface area contributed by atoms with Crippen molar-refractivity contribution in [1.82, 2.24) is 10.3 Å². The first-order chi connectivity index (χ1) is 10.2. The zero-order chi connectivity index (χ0) is 15.2. The van der Waals surface area contributed by atoms with Crippen molar-refractivity contribution in [3.63, 3.8) is 0 Å². The zero-order valence-corrected chi connectivity index (χ0v) is 12.0. The Kier molecular flexibility index (Phi) is 4.89. The van der Waals surface area contributed by atoms with Crippen LogP contribution in [-0.4, -0.2) is 23.6 Å². The standard InChI is InChI=1S/C14H17N3O4/c1-3-6-15-8-11-9-21-14(16-11)10-4-5-13(20-2)12(7-10)17(18)19/h4-5,7,9,15H,3,6,8H2,1-2H3. The summed E-state index contributed by atoms with van der Waals surface area (Å²) in [5.74, 6) is 0.564. The van der Waals surface area contributed by atoms with Crippen LogP contribution < -0.4 is 10.1 Å². The Bertz CT molecular complexity index is 624. The van der Waals surface area contributed by atoms with Gasteiger partial charge in [0.1, 0.15) is 6.26 Å². The second kappa shape index (κ2) is 6.85. The SMILES string of the molecule is CCCNCc1coc(-c2ccc(OC)c([N+](=O)[O-])c2)n1. The molecule has 1 N–H and O–H groups in total. The second-order valence-electron chi connectivity index (χ2n) is 4.46. The minimum Gasteiger partial charge on any atom is -0.490 e. The first-order valence-corrected chi connectivity index (χ1v) is 6.63. The summed E-state index contributed by atoms with van der Waals surface area (Å²) in [6.07, 6.45) is 2.59. The summed E-state index contributed by atoms with van der Waals surface area (Å²) in [6.45, 7) is 3.59. The van der Waals surface area contributed by atoms with Gasteiger partial charge >= 0.3 is 5.69 Å². The number of hydrogen-bond acceptors (Lipinski definition) is 6. The molecule has 0 radical (unpaired) electrons. The number of nitrogens with one attached hydrogen (secondary N) is 1. The van der Waals surface area contributed by atoms with Gasteiger partial charge in [0.15, 0.2) is 5.75 Å². The topological polar surface area (TPSA) is 90.4 Å². The lowest BCUT2D eigenvalue weighted by molar-refractivity contribution is -0.385. The van der Waals surface area contributed by atoms with E-state index in [0.29, 0.717) is 18.0 Å². The van der Waals surface area contributed by atoms with Gasteiger partial charge in [-0.3, -0.25) is 10.1 Å². The number of nitro benzene ring substituents is 1. The minimum absolute atomic E-state index is 0.112. The van der Waals surface area contributed by atoms with E-state index in [1.165, 1.54) is 19.2 Å². The number of rotatable bonds is 7. The van der Waals surface area contributed by atoms with E-state index in [9.17, 15) is 10.1 Å². The lowest BCUT2D eigenvalue weighted by atomic mass is 10.2. The van der Waals surface area contributed by atoms with Crippen molar-refractivity contribution >= 4 is 5.69 Å². The molecule has 1 aromatic carbocycles. The highest BCUT2D eigenvalue weighted by atomic mass is 16.6. The lowest BCUT2D eigenvalue weighted by Crippen LogP contribution is -2.13. The molecule has 0 bridgehead atoms. The predicted molar refractivity (Wildman–Crippen MR) is 77.1 cm³/mol. The van der Waals surface area contributed by atoms with E-state index in [2.05, 4.69) is 17.2 Å². The van der Waals surface area contributed by atoms with Crippen LogP contribution in [-0.2, 0) is 6.54 Å². The number of aromatic nitrogens is 1. The average Bonchev–Trinajstić information content (AvgIpc) is 2.95. The Balaban J connectivity index is 2.22. The number of hydrogen-bond donors (Lipinski definition) is 1. The molecule has 0 saturated heterocycles. The maximum Gasteiger partial charge on any atom is 0.311 e. The average molecular weight is 291 g/mol. The molecule has 0 saturated carbocycles. The maximum atomic E-state index is 11.0. The van der Waals surface area contributed by atoms with Crippen molar-refractivity contribution < 1.29 is 14.1 Å². The Morgan fingerprint density at radius 2 is 2.29 bits per heavy atom. The molecule has 7 nitrogen and oxygen atoms in total. The number of nitro groups is 1. The van der Waals surface area contributed by atoms with E-state index in [-0.39, 0.29) is 11.4 Å². The van der Waals surface area contributed by atoms with Crippen LogP contribution in [0.15, 0.2) is 28.9 Å². The van der Waals surface area contributed by atoms with E-state index in [1.54, 1.807) is 12.3 Å². The van der Waals surface area contributed by atoms with Crippen molar-refractivity contribution in [2.75, 3.05) is 13.7 Å². The van der Waals surface area contributed by atoms with Gasteiger partial charge in [-0.1, -0.05) is 6.92 Å². The number of ether oxygens (including phenoxy) is 1. The molecule has 2 aromatic rings. The van der Waals surface area contributed by atoms with Crippen LogP contribution in [0, 0.1) is 10.1 Å². The van der Waals surface area contributed by atoms with Crippen LogP contribution in [0.3, 0.4) is 0 Å². The van der Waals surface area contributed by atoms with Gasteiger partial charge < -0.3 is 14.5 Å². The summed E-state index contributed by atoms with van der Waals surface area (Å²) in [6, 6.07) is 4.61. The number of oxazole rings is 1. The van der Waals surface area contributed by atoms with Gasteiger partial charge in [0.2, 0.25) is 5.89 Å². The lowest BCUT2D eigenvalue weighted by Gasteiger charge is -2.02. The summed E-state index contributed by atoms with van der Waals surface area (Å²) in [5, 5.41) is 14.2. The maximum absolute atomic E-state index is 11.0. The van der Waals surface area contributed by atoms with Gasteiger partial charge in [0.25, 0.3) is 0 Å². The van der Waals surface area contributed by atoms with Crippen molar-refractivity contribution in [2.24, 2.45) is 0 Å². The van der Waals surface area contributed by atoms with E-state index >= 15 is 0 Å². The zero-order valence-electron chi connectivity index (χ0n) is 12.0. The van der Waals surface area contributed by atoms with Crippen LogP contribution >= 0.6 is 0 Å². The molecule has 0 fully saturated rings. The summed E-state index contributed by atoms with van der Waals surface area (Å²) in [4.78, 5) is 14.8. The third-order valence-electron chi connectivity index (χ3n) is 2.91. The third kappa shape index (κ3) is 3.57. The molecule has 112 valence electrons. The molecule has 0 atom stereocenters. The fourth-order valence-electron chi connectivity index (χ4n) is 1.88. The van der Waals surface area contributed by atoms with Crippen LogP contribution in [0.2, 0.25) is 0 Å². The van der Waals surface area contributed by atoms with Crippen LogP contribution in [0.1, 0.15) is 19.0 Å². The molecule has 7 heteroatoms. The molecule has 0 amide bonds. The van der Waals surface area contributed by atoms with Crippen molar-refractivity contribution in [2.45, 2.75) is 19.9 Å². The highest BCUT2D eigenvalue weighted by Gasteiger charge is 2.17. The Morgan fingerprint density at radius 1 is 1.48 bits per heavy atom. The molecule has 0 aliphatic rings. The molecular formula is C14H17N3O4. The third-order valence-corrected chi connectivity index (χ3v) is 2.91. The molecule has 0 aliphatic carbocycles. The van der Waals surface area contributed by atoms with Crippen molar-refractivity contribution in [3.8, 4) is 17.2 Å². The monoisotopic (exact) mass is 291 g/mol. The molecule has 21 heavy (non-hydrogen) atoms. The number of methoxy groups -OCH3 is 1. The van der Waals surface area contributed by atoms with E-state index in [0.717, 1.165) is 18.7 Å². The van der Waals surface area contributed by atoms with Gasteiger partial charge in [-0.25, -0.2) is 4.98 Å². The van der Waals surface area contributed by atoms with E-state index in [4.69, 9.17) is 9.15 Å². The quantitative estimate of drug-likeness (QED) is 0.479. The fraction of sp³-hybridized carbons (Fsp3) is 0.357. The number of nitrogens with zero attached hydrogens (tertiary/aromatic N) is 2. The molecule has 0 aliphatic heterocycles. The van der Waals surface area contributed by atoms with Gasteiger partial charge in [-0.15, -0.1) is 0 Å². The van der Waals surface area contributed by atoms with E-state index in [1.807, 2.05) is 0 Å². The van der Waals surface area contributed by atoms with Gasteiger partial charge in [0, 0.05) is 18.2 Å². The largest absolute Gasteiger partial charge is 0.490 e. The molecule has 2 rings (SSSR count). The molecule has 1 aromatic heterocycles. The van der Waals surface area contributed by atoms with Crippen LogP contribution in [0.4, 0.5) is 5.69 Å².